The maximum absolute atomic E-state index is 14.8. The number of fused-ring (bicyclic) bond motifs is 1. The molecular formula is C38H63N7O6. The van der Waals surface area contributed by atoms with Crippen LogP contribution in [0.3, 0.4) is 0 Å². The summed E-state index contributed by atoms with van der Waals surface area (Å²) in [5.41, 5.74) is 3.85. The fourth-order valence-electron chi connectivity index (χ4n) is 10.00. The highest BCUT2D eigenvalue weighted by molar-refractivity contribution is 6.37. The summed E-state index contributed by atoms with van der Waals surface area (Å²) in [5.74, 6) is -2.94. The van der Waals surface area contributed by atoms with Crippen molar-refractivity contribution in [3.63, 3.8) is 0 Å². The van der Waals surface area contributed by atoms with Crippen LogP contribution in [0.2, 0.25) is 0 Å². The van der Waals surface area contributed by atoms with Crippen molar-refractivity contribution in [2.75, 3.05) is 26.2 Å². The van der Waals surface area contributed by atoms with E-state index in [4.69, 9.17) is 5.73 Å². The molecule has 0 aromatic heterocycles. The van der Waals surface area contributed by atoms with E-state index in [1.165, 1.54) is 0 Å². The Hall–Kier alpha value is -3.22. The highest BCUT2D eigenvalue weighted by Crippen LogP contribution is 2.88. The Bertz CT molecular complexity index is 1430. The van der Waals surface area contributed by atoms with Gasteiger partial charge >= 0.3 is 6.03 Å². The van der Waals surface area contributed by atoms with Crippen LogP contribution in [0.15, 0.2) is 0 Å². The highest BCUT2D eigenvalue weighted by Gasteiger charge is 2.85. The smallest absolute Gasteiger partial charge is 0.316 e. The number of carbonyl (C=O) groups excluding carboxylic acids is 6. The molecule has 5 aliphatic rings. The second-order valence-electron chi connectivity index (χ2n) is 18.8. The minimum atomic E-state index is -1.09. The van der Waals surface area contributed by atoms with Gasteiger partial charge in [0.25, 0.3) is 5.91 Å². The number of hydrogen-bond donors (Lipinski definition) is 5. The molecule has 0 aromatic rings. The molecule has 3 saturated carbocycles. The van der Waals surface area contributed by atoms with Gasteiger partial charge in [-0.25, -0.2) is 4.79 Å². The summed E-state index contributed by atoms with van der Waals surface area (Å²) in [7, 11) is 0. The number of urea groups is 1. The zero-order valence-corrected chi connectivity index (χ0v) is 32.4. The van der Waals surface area contributed by atoms with Gasteiger partial charge in [0.05, 0.1) is 6.04 Å². The molecule has 2 aliphatic heterocycles. The molecule has 2 spiro atoms. The fourth-order valence-corrected chi connectivity index (χ4v) is 10.00. The highest BCUT2D eigenvalue weighted by atomic mass is 16.2. The number of rotatable bonds is 11. The Balaban J connectivity index is 1.39. The molecule has 13 nitrogen and oxygen atoms in total. The van der Waals surface area contributed by atoms with Crippen LogP contribution in [0.25, 0.3) is 0 Å². The summed E-state index contributed by atoms with van der Waals surface area (Å²) in [5, 5.41) is 12.0. The molecule has 2 heterocycles. The summed E-state index contributed by atoms with van der Waals surface area (Å²) in [6.07, 6.45) is 6.80. The van der Waals surface area contributed by atoms with Gasteiger partial charge in [-0.2, -0.15) is 0 Å². The van der Waals surface area contributed by atoms with E-state index >= 15 is 0 Å². The van der Waals surface area contributed by atoms with Crippen LogP contribution in [0, 0.1) is 33.5 Å². The quantitative estimate of drug-likeness (QED) is 0.204. The van der Waals surface area contributed by atoms with E-state index in [9.17, 15) is 28.8 Å². The maximum atomic E-state index is 14.8. The van der Waals surface area contributed by atoms with Crippen LogP contribution in [0.4, 0.5) is 4.79 Å². The van der Waals surface area contributed by atoms with E-state index in [0.717, 1.165) is 38.5 Å². The number of hydrogen-bond acceptors (Lipinski definition) is 7. The Labute approximate surface area is 303 Å². The number of likely N-dealkylation sites (tertiary alicyclic amines) is 1. The molecule has 286 valence electrons. The molecule has 5 rings (SSSR count). The largest absolute Gasteiger partial charge is 0.363 e. The molecule has 6 amide bonds. The number of nitrogens with two attached hydrogens (primary N) is 1. The van der Waals surface area contributed by atoms with Crippen LogP contribution >= 0.6 is 0 Å². The van der Waals surface area contributed by atoms with E-state index in [0.29, 0.717) is 39.0 Å². The third-order valence-electron chi connectivity index (χ3n) is 13.7. The molecule has 2 unspecified atom stereocenters. The molecule has 0 radical (unpaired) electrons. The average molecular weight is 714 g/mol. The molecule has 0 bridgehead atoms. The monoisotopic (exact) mass is 713 g/mol. The number of ketones is 1. The lowest BCUT2D eigenvalue weighted by molar-refractivity contribution is -0.143. The Morgan fingerprint density at radius 1 is 0.902 bits per heavy atom. The van der Waals surface area contributed by atoms with E-state index in [2.05, 4.69) is 35.1 Å². The van der Waals surface area contributed by atoms with Gasteiger partial charge in [-0.1, -0.05) is 74.1 Å². The number of primary amides is 1. The molecule has 2 saturated heterocycles. The zero-order valence-electron chi connectivity index (χ0n) is 32.4. The number of nitrogens with one attached hydrogen (secondary N) is 4. The van der Waals surface area contributed by atoms with Gasteiger partial charge < -0.3 is 36.8 Å². The average Bonchev–Trinajstić information content (AvgIpc) is 3.20. The summed E-state index contributed by atoms with van der Waals surface area (Å²) in [4.78, 5) is 85.0. The minimum Gasteiger partial charge on any atom is -0.363 e. The molecule has 6 N–H and O–H groups in total. The first-order valence-corrected chi connectivity index (χ1v) is 19.1. The van der Waals surface area contributed by atoms with E-state index in [-0.39, 0.29) is 39.9 Å². The number of Topliss-reactive ketones (excluding diaryl/α,β-unsaturated/α-hetero) is 1. The normalized spacial score (nSPS) is 27.9. The SMILES string of the molecule is CC(C)[C@H](NC(=O)N[C@H](C(=O)N1CC2(C[C@H]1C(=O)NC(CC1CCC1)C(=O)C(N)=O)C(C)(C)C21CCC1)C(C)(C)C)C(=O)N1CCNCC1(C)C. The third kappa shape index (κ3) is 6.76. The first-order chi connectivity index (χ1) is 23.6. The fraction of sp³-hybridized carbons (Fsp3) is 0.842. The number of piperazine rings is 1. The van der Waals surface area contributed by atoms with Crippen molar-refractivity contribution in [1.82, 2.24) is 31.1 Å². The lowest BCUT2D eigenvalue weighted by Gasteiger charge is -2.45. The maximum Gasteiger partial charge on any atom is 0.316 e. The first kappa shape index (κ1) is 39.0. The molecule has 13 heteroatoms. The van der Waals surface area contributed by atoms with Crippen LogP contribution in [0.5, 0.6) is 0 Å². The van der Waals surface area contributed by atoms with Crippen LogP contribution in [0.1, 0.15) is 114 Å². The van der Waals surface area contributed by atoms with Crippen molar-refractivity contribution in [3.8, 4) is 0 Å². The molecule has 3 aliphatic carbocycles. The van der Waals surface area contributed by atoms with E-state index < -0.39 is 58.7 Å². The molecule has 5 atom stereocenters. The third-order valence-corrected chi connectivity index (χ3v) is 13.7. The van der Waals surface area contributed by atoms with Crippen LogP contribution < -0.4 is 27.0 Å². The van der Waals surface area contributed by atoms with Crippen molar-refractivity contribution in [1.29, 1.82) is 0 Å². The zero-order chi connectivity index (χ0) is 37.9. The molecule has 0 aromatic carbocycles. The van der Waals surface area contributed by atoms with E-state index in [1.807, 2.05) is 53.4 Å². The van der Waals surface area contributed by atoms with Crippen molar-refractivity contribution in [2.24, 2.45) is 39.2 Å². The minimum absolute atomic E-state index is 0.0204. The van der Waals surface area contributed by atoms with Crippen molar-refractivity contribution in [3.05, 3.63) is 0 Å². The predicted octanol–water partition coefficient (Wildman–Crippen LogP) is 2.46. The van der Waals surface area contributed by atoms with Crippen molar-refractivity contribution < 1.29 is 28.8 Å². The van der Waals surface area contributed by atoms with Gasteiger partial charge in [0, 0.05) is 37.1 Å². The topological polar surface area (TPSA) is 183 Å². The van der Waals surface area contributed by atoms with Gasteiger partial charge in [-0.3, -0.25) is 24.0 Å². The summed E-state index contributed by atoms with van der Waals surface area (Å²) >= 11 is 0. The predicted molar refractivity (Wildman–Crippen MR) is 193 cm³/mol. The van der Waals surface area contributed by atoms with Gasteiger partial charge in [0.15, 0.2) is 0 Å². The summed E-state index contributed by atoms with van der Waals surface area (Å²) < 4.78 is 0. The van der Waals surface area contributed by atoms with Crippen molar-refractivity contribution in [2.45, 2.75) is 143 Å². The van der Waals surface area contributed by atoms with Gasteiger partial charge in [-0.15, -0.1) is 0 Å². The molecular weight excluding hydrogens is 650 g/mol. The van der Waals surface area contributed by atoms with Gasteiger partial charge in [0.2, 0.25) is 23.5 Å². The second kappa shape index (κ2) is 13.6. The van der Waals surface area contributed by atoms with Crippen LogP contribution in [-0.4, -0.2) is 101 Å². The Kier molecular flexibility index (Phi) is 10.4. The Morgan fingerprint density at radius 2 is 1.55 bits per heavy atom. The molecule has 51 heavy (non-hydrogen) atoms. The lowest BCUT2D eigenvalue weighted by atomic mass is 9.73. The summed E-state index contributed by atoms with van der Waals surface area (Å²) in [6, 6.07) is -4.41. The standard InChI is InChI=1S/C38H63N7O6/c1-22(2)26(31(49)45-17-16-40-20-35(45,6)7)42-33(51)43-28(34(3,4)5)32(50)44-21-38(36(8,9)37(38)14-11-15-37)19-25(44)30(48)41-24(27(46)29(39)47)18-23-12-10-13-23/h22-26,28,40H,10-21H2,1-9H3,(H2,39,47)(H,41,48)(H2,42,43,51)/t24?,25-,26-,28+,38?/m0/s1. The first-order valence-electron chi connectivity index (χ1n) is 19.1. The van der Waals surface area contributed by atoms with Gasteiger partial charge in [-0.05, 0) is 67.6 Å². The van der Waals surface area contributed by atoms with Crippen LogP contribution in [-0.2, 0) is 24.0 Å². The second-order valence-corrected chi connectivity index (χ2v) is 18.8. The number of amides is 6. The molecule has 5 fully saturated rings. The number of nitrogens with zero attached hydrogens (tertiary/aromatic N) is 2. The number of carbonyl (C=O) groups is 6. The summed E-state index contributed by atoms with van der Waals surface area (Å²) in [6.45, 7) is 20.0. The Morgan fingerprint density at radius 3 is 2.02 bits per heavy atom. The van der Waals surface area contributed by atoms with Crippen molar-refractivity contribution >= 4 is 35.4 Å². The van der Waals surface area contributed by atoms with E-state index in [1.54, 1.807) is 4.90 Å². The van der Waals surface area contributed by atoms with Gasteiger partial charge in [0.1, 0.15) is 18.1 Å². The lowest BCUT2D eigenvalue weighted by Crippen LogP contribution is -2.65.